The maximum Gasteiger partial charge on any atom is 0.0702 e. The number of piperazine rings is 1. The molecule has 4 heteroatoms. The molecule has 110 valence electrons. The first-order valence-electron chi connectivity index (χ1n) is 7.60. The molecule has 2 fully saturated rings. The van der Waals surface area contributed by atoms with Gasteiger partial charge in [-0.15, -0.1) is 0 Å². The zero-order valence-corrected chi connectivity index (χ0v) is 14.1. The molecule has 2 saturated heterocycles. The lowest BCUT2D eigenvalue weighted by Crippen LogP contribution is -2.48. The second kappa shape index (κ2) is 7.20. The molecule has 20 heavy (non-hydrogen) atoms. The molecular formula is C16H23IN2O. The van der Waals surface area contributed by atoms with Gasteiger partial charge in [0.05, 0.1) is 6.10 Å². The molecule has 1 atom stereocenters. The fraction of sp³-hybridized carbons (Fsp3) is 0.625. The number of halogens is 1. The van der Waals surface area contributed by atoms with Crippen LogP contribution in [0.3, 0.4) is 0 Å². The summed E-state index contributed by atoms with van der Waals surface area (Å²) in [7, 11) is 0. The van der Waals surface area contributed by atoms with Crippen molar-refractivity contribution in [3.8, 4) is 0 Å². The fourth-order valence-electron chi connectivity index (χ4n) is 3.05. The molecule has 2 aliphatic heterocycles. The molecule has 2 aliphatic rings. The summed E-state index contributed by atoms with van der Waals surface area (Å²) >= 11 is 2.36. The lowest BCUT2D eigenvalue weighted by atomic mass is 10.2. The molecule has 0 spiro atoms. The molecule has 2 heterocycles. The van der Waals surface area contributed by atoms with E-state index in [0.29, 0.717) is 6.10 Å². The van der Waals surface area contributed by atoms with E-state index in [4.69, 9.17) is 4.74 Å². The maximum atomic E-state index is 5.73. The molecule has 0 aromatic heterocycles. The summed E-state index contributed by atoms with van der Waals surface area (Å²) in [5.41, 5.74) is 1.43. The molecule has 3 rings (SSSR count). The van der Waals surface area contributed by atoms with Gasteiger partial charge in [-0.1, -0.05) is 12.1 Å². The van der Waals surface area contributed by atoms with Crippen molar-refractivity contribution in [3.05, 3.63) is 33.4 Å². The number of nitrogens with zero attached hydrogens (tertiary/aromatic N) is 2. The van der Waals surface area contributed by atoms with Gasteiger partial charge < -0.3 is 4.74 Å². The van der Waals surface area contributed by atoms with Gasteiger partial charge in [0.25, 0.3) is 0 Å². The predicted octanol–water partition coefficient (Wildman–Crippen LogP) is 2.59. The van der Waals surface area contributed by atoms with Gasteiger partial charge in [-0.3, -0.25) is 9.80 Å². The van der Waals surface area contributed by atoms with Gasteiger partial charge >= 0.3 is 0 Å². The normalized spacial score (nSPS) is 25.1. The third kappa shape index (κ3) is 4.16. The first-order chi connectivity index (χ1) is 9.79. The largest absolute Gasteiger partial charge is 0.377 e. The topological polar surface area (TPSA) is 15.7 Å². The average molecular weight is 386 g/mol. The van der Waals surface area contributed by atoms with Crippen molar-refractivity contribution in [1.82, 2.24) is 9.80 Å². The molecular weight excluding hydrogens is 363 g/mol. The maximum absolute atomic E-state index is 5.73. The van der Waals surface area contributed by atoms with Crippen LogP contribution in [0.4, 0.5) is 0 Å². The second-order valence-electron chi connectivity index (χ2n) is 5.84. The van der Waals surface area contributed by atoms with E-state index in [-0.39, 0.29) is 0 Å². The first kappa shape index (κ1) is 14.8. The summed E-state index contributed by atoms with van der Waals surface area (Å²) in [6.07, 6.45) is 3.00. The van der Waals surface area contributed by atoms with E-state index in [9.17, 15) is 0 Å². The summed E-state index contributed by atoms with van der Waals surface area (Å²) < 4.78 is 7.05. The van der Waals surface area contributed by atoms with Crippen LogP contribution >= 0.6 is 22.6 Å². The minimum atomic E-state index is 0.498. The van der Waals surface area contributed by atoms with Gasteiger partial charge in [-0.25, -0.2) is 0 Å². The van der Waals surface area contributed by atoms with E-state index in [1.165, 1.54) is 48.2 Å². The lowest BCUT2D eigenvalue weighted by molar-refractivity contribution is 0.0489. The van der Waals surface area contributed by atoms with Crippen LogP contribution in [0.25, 0.3) is 0 Å². The minimum absolute atomic E-state index is 0.498. The highest BCUT2D eigenvalue weighted by atomic mass is 127. The molecule has 3 nitrogen and oxygen atoms in total. The first-order valence-corrected chi connectivity index (χ1v) is 8.68. The Balaban J connectivity index is 1.42. The van der Waals surface area contributed by atoms with E-state index in [1.54, 1.807) is 0 Å². The van der Waals surface area contributed by atoms with Crippen LogP contribution in [0.2, 0.25) is 0 Å². The van der Waals surface area contributed by atoms with Crippen molar-refractivity contribution in [2.75, 3.05) is 39.3 Å². The quantitative estimate of drug-likeness (QED) is 0.740. The van der Waals surface area contributed by atoms with E-state index >= 15 is 0 Å². The Hall–Kier alpha value is -0.170. The van der Waals surface area contributed by atoms with E-state index in [2.05, 4.69) is 56.7 Å². The lowest BCUT2D eigenvalue weighted by Gasteiger charge is -2.35. The van der Waals surface area contributed by atoms with Crippen LogP contribution in [-0.4, -0.2) is 55.2 Å². The molecule has 1 aromatic carbocycles. The molecule has 0 bridgehead atoms. The van der Waals surface area contributed by atoms with Crippen LogP contribution < -0.4 is 0 Å². The third-order valence-electron chi connectivity index (χ3n) is 4.27. The Kier molecular flexibility index (Phi) is 5.31. The summed E-state index contributed by atoms with van der Waals surface area (Å²) in [5, 5.41) is 0. The molecule has 0 radical (unpaired) electrons. The van der Waals surface area contributed by atoms with E-state index in [0.717, 1.165) is 19.7 Å². The van der Waals surface area contributed by atoms with Crippen LogP contribution in [0.1, 0.15) is 18.4 Å². The number of rotatable bonds is 4. The highest BCUT2D eigenvalue weighted by molar-refractivity contribution is 14.1. The minimum Gasteiger partial charge on any atom is -0.377 e. The van der Waals surface area contributed by atoms with Gasteiger partial charge in [0, 0.05) is 49.4 Å². The van der Waals surface area contributed by atoms with Crippen LogP contribution in [-0.2, 0) is 11.3 Å². The van der Waals surface area contributed by atoms with Crippen LogP contribution in [0.5, 0.6) is 0 Å². The van der Waals surface area contributed by atoms with Crippen LogP contribution in [0, 0.1) is 3.57 Å². The zero-order valence-electron chi connectivity index (χ0n) is 11.9. The smallest absolute Gasteiger partial charge is 0.0702 e. The SMILES string of the molecule is Ic1ccc(CN2CCN(C[C@@H]3CCCO3)CC2)cc1. The standard InChI is InChI=1S/C16H23IN2O/c17-15-5-3-14(4-6-15)12-18-7-9-19(10-8-18)13-16-2-1-11-20-16/h3-6,16H,1-2,7-13H2/t16-/m0/s1. The monoisotopic (exact) mass is 386 g/mol. The zero-order chi connectivity index (χ0) is 13.8. The summed E-state index contributed by atoms with van der Waals surface area (Å²) in [4.78, 5) is 5.13. The van der Waals surface area contributed by atoms with Crippen molar-refractivity contribution in [2.45, 2.75) is 25.5 Å². The Morgan fingerprint density at radius 3 is 2.40 bits per heavy atom. The van der Waals surface area contributed by atoms with Crippen molar-refractivity contribution in [1.29, 1.82) is 0 Å². The number of hydrogen-bond donors (Lipinski definition) is 0. The highest BCUT2D eigenvalue weighted by Crippen LogP contribution is 2.15. The summed E-state index contributed by atoms with van der Waals surface area (Å²) in [6.45, 7) is 7.92. The number of hydrogen-bond acceptors (Lipinski definition) is 3. The Labute approximate surface area is 135 Å². The van der Waals surface area contributed by atoms with Crippen molar-refractivity contribution < 1.29 is 4.74 Å². The highest BCUT2D eigenvalue weighted by Gasteiger charge is 2.22. The molecule has 0 unspecified atom stereocenters. The van der Waals surface area contributed by atoms with Crippen LogP contribution in [0.15, 0.2) is 24.3 Å². The van der Waals surface area contributed by atoms with Gasteiger partial charge in [0.2, 0.25) is 0 Å². The summed E-state index contributed by atoms with van der Waals surface area (Å²) in [6, 6.07) is 8.90. The Morgan fingerprint density at radius 1 is 1.05 bits per heavy atom. The number of ether oxygens (including phenoxy) is 1. The molecule has 0 aliphatic carbocycles. The second-order valence-corrected chi connectivity index (χ2v) is 7.08. The van der Waals surface area contributed by atoms with Gasteiger partial charge in [-0.05, 0) is 53.1 Å². The van der Waals surface area contributed by atoms with E-state index in [1.807, 2.05) is 0 Å². The van der Waals surface area contributed by atoms with E-state index < -0.39 is 0 Å². The van der Waals surface area contributed by atoms with Crippen molar-refractivity contribution in [3.63, 3.8) is 0 Å². The predicted molar refractivity (Wildman–Crippen MR) is 89.9 cm³/mol. The molecule has 1 aromatic rings. The molecule has 0 amide bonds. The Morgan fingerprint density at radius 2 is 1.75 bits per heavy atom. The summed E-state index contributed by atoms with van der Waals surface area (Å²) in [5.74, 6) is 0. The molecule has 0 saturated carbocycles. The number of benzene rings is 1. The average Bonchev–Trinajstić information content (AvgIpc) is 2.96. The van der Waals surface area contributed by atoms with Crippen molar-refractivity contribution in [2.24, 2.45) is 0 Å². The third-order valence-corrected chi connectivity index (χ3v) is 4.99. The van der Waals surface area contributed by atoms with Crippen molar-refractivity contribution >= 4 is 22.6 Å². The van der Waals surface area contributed by atoms with Gasteiger partial charge in [0.15, 0.2) is 0 Å². The Bertz CT molecular complexity index is 409. The fourth-order valence-corrected chi connectivity index (χ4v) is 3.41. The van der Waals surface area contributed by atoms with Gasteiger partial charge in [0.1, 0.15) is 0 Å². The van der Waals surface area contributed by atoms with Gasteiger partial charge in [-0.2, -0.15) is 0 Å². The molecule has 0 N–H and O–H groups in total.